The SMILES string of the molecule is Clc1nnc(Br)o1. The van der Waals surface area contributed by atoms with Crippen LogP contribution in [-0.2, 0) is 0 Å². The predicted octanol–water partition coefficient (Wildman–Crippen LogP) is 1.49. The van der Waals surface area contributed by atoms with E-state index in [4.69, 9.17) is 11.6 Å². The molecule has 5 heteroatoms. The summed E-state index contributed by atoms with van der Waals surface area (Å²) < 4.78 is 4.54. The van der Waals surface area contributed by atoms with Crippen molar-refractivity contribution in [2.45, 2.75) is 0 Å². The topological polar surface area (TPSA) is 38.9 Å². The van der Waals surface area contributed by atoms with Crippen molar-refractivity contribution < 1.29 is 4.42 Å². The van der Waals surface area contributed by atoms with Crippen molar-refractivity contribution in [2.75, 3.05) is 0 Å². The van der Waals surface area contributed by atoms with Crippen molar-refractivity contribution in [3.8, 4) is 0 Å². The smallest absolute Gasteiger partial charge is 0.313 e. The monoisotopic (exact) mass is 182 g/mol. The normalized spacial score (nSPS) is 9.43. The minimum atomic E-state index is 0.0480. The van der Waals surface area contributed by atoms with Gasteiger partial charge in [-0.2, -0.15) is 0 Å². The summed E-state index contributed by atoms with van der Waals surface area (Å²) in [7, 11) is 0. The first kappa shape index (κ1) is 5.05. The zero-order valence-corrected chi connectivity index (χ0v) is 5.40. The van der Waals surface area contributed by atoms with E-state index in [2.05, 4.69) is 30.5 Å². The van der Waals surface area contributed by atoms with Gasteiger partial charge in [0.1, 0.15) is 0 Å². The highest BCUT2D eigenvalue weighted by atomic mass is 79.9. The highest BCUT2D eigenvalue weighted by molar-refractivity contribution is 9.10. The van der Waals surface area contributed by atoms with Crippen molar-refractivity contribution in [3.05, 3.63) is 10.1 Å². The molecule has 0 unspecified atom stereocenters. The minimum Gasteiger partial charge on any atom is -0.402 e. The molecule has 0 aliphatic rings. The molecule has 0 aromatic carbocycles. The number of rotatable bonds is 0. The van der Waals surface area contributed by atoms with Crippen LogP contribution in [0.5, 0.6) is 0 Å². The first-order chi connectivity index (χ1) is 3.29. The van der Waals surface area contributed by atoms with Crippen LogP contribution in [0.2, 0.25) is 5.35 Å². The van der Waals surface area contributed by atoms with Gasteiger partial charge in [-0.15, -0.1) is 0 Å². The molecule has 0 aliphatic carbocycles. The van der Waals surface area contributed by atoms with Gasteiger partial charge < -0.3 is 4.42 Å². The molecular formula is C2BrClN2O. The second-order valence-electron chi connectivity index (χ2n) is 0.808. The molecule has 1 aromatic heterocycles. The molecule has 3 nitrogen and oxygen atoms in total. The predicted molar refractivity (Wildman–Crippen MR) is 27.0 cm³/mol. The van der Waals surface area contributed by atoms with Gasteiger partial charge in [-0.05, 0) is 11.6 Å². The van der Waals surface area contributed by atoms with Crippen LogP contribution in [0, 0.1) is 0 Å². The van der Waals surface area contributed by atoms with Crippen LogP contribution in [0.25, 0.3) is 0 Å². The number of hydrogen-bond donors (Lipinski definition) is 0. The van der Waals surface area contributed by atoms with Gasteiger partial charge in [-0.1, -0.05) is 10.2 Å². The first-order valence-electron chi connectivity index (χ1n) is 1.43. The molecule has 0 spiro atoms. The largest absolute Gasteiger partial charge is 0.402 e. The van der Waals surface area contributed by atoms with E-state index in [1.165, 1.54) is 0 Å². The fraction of sp³-hybridized carbons (Fsp3) is 0. The Labute approximate surface area is 52.8 Å². The molecule has 0 atom stereocenters. The summed E-state index contributed by atoms with van der Waals surface area (Å²) in [5.74, 6) is 0. The molecule has 0 aliphatic heterocycles. The quantitative estimate of drug-likeness (QED) is 0.612. The maximum absolute atomic E-state index is 5.19. The summed E-state index contributed by atoms with van der Waals surface area (Å²) in [5.41, 5.74) is 0. The Morgan fingerprint density at radius 1 is 1.57 bits per heavy atom. The van der Waals surface area contributed by atoms with Crippen molar-refractivity contribution in [1.29, 1.82) is 0 Å². The average molecular weight is 183 g/mol. The molecule has 7 heavy (non-hydrogen) atoms. The number of hydrogen-bond acceptors (Lipinski definition) is 3. The minimum absolute atomic E-state index is 0.0480. The second kappa shape index (κ2) is 1.79. The Kier molecular flexibility index (Phi) is 1.30. The third-order valence-electron chi connectivity index (χ3n) is 0.376. The number of nitrogens with zero attached hydrogens (tertiary/aromatic N) is 2. The standard InChI is InChI=1S/C2BrClN2O/c3-1-5-6-2(4)7-1. The second-order valence-corrected chi connectivity index (χ2v) is 1.81. The van der Waals surface area contributed by atoms with E-state index in [9.17, 15) is 0 Å². The first-order valence-corrected chi connectivity index (χ1v) is 2.60. The van der Waals surface area contributed by atoms with E-state index in [0.29, 0.717) is 4.80 Å². The fourth-order valence-corrected chi connectivity index (χ4v) is 0.626. The van der Waals surface area contributed by atoms with Crippen molar-refractivity contribution >= 4 is 27.5 Å². The summed E-state index contributed by atoms with van der Waals surface area (Å²) >= 11 is 8.10. The zero-order chi connectivity index (χ0) is 5.28. The summed E-state index contributed by atoms with van der Waals surface area (Å²) in [5, 5.41) is 6.75. The van der Waals surface area contributed by atoms with E-state index in [1.807, 2.05) is 0 Å². The molecule has 0 bridgehead atoms. The lowest BCUT2D eigenvalue weighted by Crippen LogP contribution is -1.61. The van der Waals surface area contributed by atoms with Crippen LogP contribution in [0.1, 0.15) is 0 Å². The van der Waals surface area contributed by atoms with Crippen LogP contribution in [-0.4, -0.2) is 10.2 Å². The van der Waals surface area contributed by atoms with E-state index in [1.54, 1.807) is 0 Å². The fourth-order valence-electron chi connectivity index (χ4n) is 0.189. The van der Waals surface area contributed by atoms with Gasteiger partial charge in [0.25, 0.3) is 4.80 Å². The van der Waals surface area contributed by atoms with Gasteiger partial charge >= 0.3 is 5.35 Å². The molecule has 38 valence electrons. The lowest BCUT2D eigenvalue weighted by atomic mass is 11.5. The van der Waals surface area contributed by atoms with Gasteiger partial charge in [-0.25, -0.2) is 0 Å². The van der Waals surface area contributed by atoms with Gasteiger partial charge in [0.2, 0.25) is 0 Å². The van der Waals surface area contributed by atoms with Gasteiger partial charge in [0.05, 0.1) is 0 Å². The van der Waals surface area contributed by atoms with E-state index >= 15 is 0 Å². The molecular weight excluding hydrogens is 183 g/mol. The molecule has 1 heterocycles. The Morgan fingerprint density at radius 2 is 2.29 bits per heavy atom. The van der Waals surface area contributed by atoms with Crippen molar-refractivity contribution in [1.82, 2.24) is 10.2 Å². The molecule has 0 saturated heterocycles. The van der Waals surface area contributed by atoms with Crippen LogP contribution < -0.4 is 0 Å². The molecule has 0 saturated carbocycles. The van der Waals surface area contributed by atoms with Gasteiger partial charge in [-0.3, -0.25) is 0 Å². The molecule has 0 N–H and O–H groups in total. The Balaban J connectivity index is 3.04. The molecule has 0 fully saturated rings. The third-order valence-corrected chi connectivity index (χ3v) is 0.849. The average Bonchev–Trinajstić information content (AvgIpc) is 1.87. The maximum atomic E-state index is 5.19. The Morgan fingerprint density at radius 3 is 2.43 bits per heavy atom. The number of halogens is 2. The van der Waals surface area contributed by atoms with Gasteiger partial charge in [0, 0.05) is 15.9 Å². The lowest BCUT2D eigenvalue weighted by molar-refractivity contribution is 0.528. The number of aromatic nitrogens is 2. The maximum Gasteiger partial charge on any atom is 0.313 e. The molecule has 1 rings (SSSR count). The summed E-state index contributed by atoms with van der Waals surface area (Å²) in [6, 6.07) is 0. The van der Waals surface area contributed by atoms with E-state index in [-0.39, 0.29) is 5.35 Å². The van der Waals surface area contributed by atoms with Crippen molar-refractivity contribution in [2.24, 2.45) is 0 Å². The Hall–Kier alpha value is -0.0900. The van der Waals surface area contributed by atoms with E-state index < -0.39 is 0 Å². The highest BCUT2D eigenvalue weighted by Crippen LogP contribution is 2.09. The zero-order valence-electron chi connectivity index (χ0n) is 3.06. The molecule has 1 aromatic rings. The summed E-state index contributed by atoms with van der Waals surface area (Å²) in [6.07, 6.45) is 0. The molecule has 0 amide bonds. The lowest BCUT2D eigenvalue weighted by Gasteiger charge is -1.65. The van der Waals surface area contributed by atoms with E-state index in [0.717, 1.165) is 0 Å². The molecule has 0 radical (unpaired) electrons. The van der Waals surface area contributed by atoms with Crippen LogP contribution >= 0.6 is 27.5 Å². The third kappa shape index (κ3) is 1.14. The van der Waals surface area contributed by atoms with Crippen LogP contribution in [0.15, 0.2) is 9.22 Å². The highest BCUT2D eigenvalue weighted by Gasteiger charge is 1.94. The summed E-state index contributed by atoms with van der Waals surface area (Å²) in [6.45, 7) is 0. The van der Waals surface area contributed by atoms with Gasteiger partial charge in [0.15, 0.2) is 0 Å². The van der Waals surface area contributed by atoms with Crippen molar-refractivity contribution in [3.63, 3.8) is 0 Å². The van der Waals surface area contributed by atoms with Crippen LogP contribution in [0.3, 0.4) is 0 Å². The van der Waals surface area contributed by atoms with Crippen LogP contribution in [0.4, 0.5) is 0 Å². The summed E-state index contributed by atoms with van der Waals surface area (Å²) in [4.78, 5) is 0.303. The Bertz CT molecular complexity index is 148.